The van der Waals surface area contributed by atoms with E-state index in [1.807, 2.05) is 13.8 Å². The van der Waals surface area contributed by atoms with Crippen molar-refractivity contribution >= 4 is 0 Å². The molecule has 0 aromatic rings. The van der Waals surface area contributed by atoms with Crippen molar-refractivity contribution in [1.82, 2.24) is 0 Å². The Labute approximate surface area is 249 Å². The van der Waals surface area contributed by atoms with Crippen LogP contribution < -0.4 is 0 Å². The van der Waals surface area contributed by atoms with Crippen LogP contribution in [-0.4, -0.2) is 13.2 Å². The smallest absolute Gasteiger partial charge is 0.0466 e. The van der Waals surface area contributed by atoms with E-state index in [1.54, 1.807) is 0 Å². The molecule has 1 nitrogen and oxygen atoms in total. The lowest BCUT2D eigenvalue weighted by atomic mass is 10.1. The average molecular weight is 549 g/mol. The highest BCUT2D eigenvalue weighted by Crippen LogP contribution is 2.12. The minimum absolute atomic E-state index is 0.978. The van der Waals surface area contributed by atoms with Crippen molar-refractivity contribution in [3.63, 3.8) is 0 Å². The average Bonchev–Trinajstić information content (AvgIpc) is 2.96. The van der Waals surface area contributed by atoms with Crippen LogP contribution in [-0.2, 0) is 4.74 Å². The van der Waals surface area contributed by atoms with Gasteiger partial charge in [-0.25, -0.2) is 0 Å². The molecule has 0 fully saturated rings. The molecular formula is C38H76O. The van der Waals surface area contributed by atoms with Crippen LogP contribution in [0.3, 0.4) is 0 Å². The molecule has 0 spiro atoms. The molecule has 0 saturated heterocycles. The van der Waals surface area contributed by atoms with E-state index in [0.717, 1.165) is 13.2 Å². The standard InChI is InChI=1S/C36H70O.C2H6/c1-3-5-7-9-11-13-15-17-19-21-23-25-27-29-31-33-35-37-36-34-32-30-28-26-24-22-20-18-16-14-12-10-8-6-4-2;1-2/h17-20H,3-16,21-36H2,1-2H3;1-2H3/b19-17-,20-18-;. The first-order valence-electron chi connectivity index (χ1n) is 18.3. The van der Waals surface area contributed by atoms with Crippen LogP contribution >= 0.6 is 0 Å². The Kier molecular flexibility index (Phi) is 43.6. The Morgan fingerprint density at radius 3 is 0.821 bits per heavy atom. The van der Waals surface area contributed by atoms with Crippen molar-refractivity contribution in [3.05, 3.63) is 24.3 Å². The van der Waals surface area contributed by atoms with E-state index in [0.29, 0.717) is 0 Å². The van der Waals surface area contributed by atoms with E-state index in [9.17, 15) is 0 Å². The highest BCUT2D eigenvalue weighted by Gasteiger charge is 1.95. The summed E-state index contributed by atoms with van der Waals surface area (Å²) in [6.45, 7) is 10.5. The van der Waals surface area contributed by atoms with Gasteiger partial charge in [0.2, 0.25) is 0 Å². The zero-order valence-electron chi connectivity index (χ0n) is 27.9. The van der Waals surface area contributed by atoms with Gasteiger partial charge < -0.3 is 4.74 Å². The summed E-state index contributed by atoms with van der Waals surface area (Å²) in [5.74, 6) is 0. The Morgan fingerprint density at radius 2 is 0.538 bits per heavy atom. The summed E-state index contributed by atoms with van der Waals surface area (Å²) < 4.78 is 5.85. The van der Waals surface area contributed by atoms with Crippen molar-refractivity contribution in [3.8, 4) is 0 Å². The first-order chi connectivity index (χ1) is 19.4. The van der Waals surface area contributed by atoms with Gasteiger partial charge in [-0.15, -0.1) is 0 Å². The predicted octanol–water partition coefficient (Wildman–Crippen LogP) is 14.1. The minimum atomic E-state index is 0.978. The summed E-state index contributed by atoms with van der Waals surface area (Å²) in [5.41, 5.74) is 0. The number of hydrogen-bond donors (Lipinski definition) is 0. The molecule has 0 aliphatic heterocycles. The monoisotopic (exact) mass is 549 g/mol. The third kappa shape index (κ3) is 42.1. The summed E-state index contributed by atoms with van der Waals surface area (Å²) in [6.07, 6.45) is 48.1. The summed E-state index contributed by atoms with van der Waals surface area (Å²) >= 11 is 0. The van der Waals surface area contributed by atoms with Crippen LogP contribution in [0.1, 0.15) is 207 Å². The molecule has 1 heteroatoms. The molecule has 0 amide bonds. The summed E-state index contributed by atoms with van der Waals surface area (Å²) in [4.78, 5) is 0. The van der Waals surface area contributed by atoms with Crippen molar-refractivity contribution in [1.29, 1.82) is 0 Å². The second kappa shape index (κ2) is 41.9. The molecule has 0 rings (SSSR count). The number of rotatable bonds is 32. The summed E-state index contributed by atoms with van der Waals surface area (Å²) in [5, 5.41) is 0. The fraction of sp³-hybridized carbons (Fsp3) is 0.895. The number of unbranched alkanes of at least 4 members (excludes halogenated alkanes) is 24. The van der Waals surface area contributed by atoms with Gasteiger partial charge in [-0.1, -0.05) is 168 Å². The van der Waals surface area contributed by atoms with Crippen LogP contribution in [0.4, 0.5) is 0 Å². The third-order valence-electron chi connectivity index (χ3n) is 7.60. The molecular weight excluding hydrogens is 472 g/mol. The van der Waals surface area contributed by atoms with Crippen molar-refractivity contribution in [2.24, 2.45) is 0 Å². The fourth-order valence-corrected chi connectivity index (χ4v) is 5.01. The molecule has 0 radical (unpaired) electrons. The van der Waals surface area contributed by atoms with Crippen LogP contribution in [0.5, 0.6) is 0 Å². The molecule has 0 unspecified atom stereocenters. The van der Waals surface area contributed by atoms with Gasteiger partial charge >= 0.3 is 0 Å². The Hall–Kier alpha value is -0.560. The molecule has 0 bridgehead atoms. The summed E-state index contributed by atoms with van der Waals surface area (Å²) in [6, 6.07) is 0. The molecule has 0 atom stereocenters. The van der Waals surface area contributed by atoms with Gasteiger partial charge in [0, 0.05) is 13.2 Å². The lowest BCUT2D eigenvalue weighted by Crippen LogP contribution is -1.97. The first kappa shape index (κ1) is 40.6. The Balaban J connectivity index is 0. The van der Waals surface area contributed by atoms with E-state index >= 15 is 0 Å². The highest BCUT2D eigenvalue weighted by molar-refractivity contribution is 4.82. The maximum absolute atomic E-state index is 5.85. The van der Waals surface area contributed by atoms with E-state index in [-0.39, 0.29) is 0 Å². The normalized spacial score (nSPS) is 11.5. The number of ether oxygens (including phenoxy) is 1. The van der Waals surface area contributed by atoms with Crippen molar-refractivity contribution < 1.29 is 4.74 Å². The first-order valence-corrected chi connectivity index (χ1v) is 18.3. The lowest BCUT2D eigenvalue weighted by molar-refractivity contribution is 0.125. The van der Waals surface area contributed by atoms with E-state index < -0.39 is 0 Å². The molecule has 0 N–H and O–H groups in total. The second-order valence-electron chi connectivity index (χ2n) is 11.5. The third-order valence-corrected chi connectivity index (χ3v) is 7.60. The maximum Gasteiger partial charge on any atom is 0.0466 e. The van der Waals surface area contributed by atoms with E-state index in [4.69, 9.17) is 4.74 Å². The number of hydrogen-bond acceptors (Lipinski definition) is 1. The van der Waals surface area contributed by atoms with Crippen LogP contribution in [0.15, 0.2) is 24.3 Å². The molecule has 0 saturated carbocycles. The largest absolute Gasteiger partial charge is 0.381 e. The van der Waals surface area contributed by atoms with Gasteiger partial charge in [-0.2, -0.15) is 0 Å². The van der Waals surface area contributed by atoms with Gasteiger partial charge in [-0.3, -0.25) is 0 Å². The van der Waals surface area contributed by atoms with Gasteiger partial charge in [0.05, 0.1) is 0 Å². The molecule has 0 aromatic heterocycles. The highest BCUT2D eigenvalue weighted by atomic mass is 16.5. The topological polar surface area (TPSA) is 9.23 Å². The Bertz CT molecular complexity index is 398. The zero-order chi connectivity index (χ0) is 28.7. The van der Waals surface area contributed by atoms with Gasteiger partial charge in [0.15, 0.2) is 0 Å². The van der Waals surface area contributed by atoms with E-state index in [1.165, 1.54) is 180 Å². The molecule has 0 heterocycles. The minimum Gasteiger partial charge on any atom is -0.381 e. The number of allylic oxidation sites excluding steroid dienone is 4. The van der Waals surface area contributed by atoms with E-state index in [2.05, 4.69) is 38.2 Å². The van der Waals surface area contributed by atoms with Crippen LogP contribution in [0.2, 0.25) is 0 Å². The lowest BCUT2D eigenvalue weighted by Gasteiger charge is -2.05. The predicted molar refractivity (Wildman–Crippen MR) is 181 cm³/mol. The summed E-state index contributed by atoms with van der Waals surface area (Å²) in [7, 11) is 0. The van der Waals surface area contributed by atoms with Gasteiger partial charge in [0.1, 0.15) is 0 Å². The molecule has 234 valence electrons. The quantitative estimate of drug-likeness (QED) is 0.0600. The fourth-order valence-electron chi connectivity index (χ4n) is 5.01. The SMILES string of the molecule is CC.CCCCCCCC/C=C\CCCCCCCCOCCCCCCCC/C=C\CCCCCCCC. The molecule has 39 heavy (non-hydrogen) atoms. The maximum atomic E-state index is 5.85. The van der Waals surface area contributed by atoms with Crippen LogP contribution in [0, 0.1) is 0 Å². The van der Waals surface area contributed by atoms with Crippen molar-refractivity contribution in [2.75, 3.05) is 13.2 Å². The van der Waals surface area contributed by atoms with Crippen LogP contribution in [0.25, 0.3) is 0 Å². The van der Waals surface area contributed by atoms with Gasteiger partial charge in [-0.05, 0) is 64.2 Å². The second-order valence-corrected chi connectivity index (χ2v) is 11.5. The molecule has 0 aromatic carbocycles. The zero-order valence-corrected chi connectivity index (χ0v) is 27.9. The van der Waals surface area contributed by atoms with Crippen molar-refractivity contribution in [2.45, 2.75) is 207 Å². The molecule has 0 aliphatic rings. The molecule has 0 aliphatic carbocycles. The van der Waals surface area contributed by atoms with Gasteiger partial charge in [0.25, 0.3) is 0 Å². The Morgan fingerprint density at radius 1 is 0.308 bits per heavy atom.